The number of esters is 1. The van der Waals surface area contributed by atoms with Gasteiger partial charge in [0.15, 0.2) is 0 Å². The van der Waals surface area contributed by atoms with Gasteiger partial charge in [-0.05, 0) is 49.3 Å². The molecule has 1 aliphatic carbocycles. The van der Waals surface area contributed by atoms with Crippen molar-refractivity contribution < 1.29 is 19.4 Å². The van der Waals surface area contributed by atoms with Crippen LogP contribution in [0.25, 0.3) is 5.57 Å². The van der Waals surface area contributed by atoms with E-state index in [0.29, 0.717) is 11.3 Å². The Morgan fingerprint density at radius 3 is 2.30 bits per heavy atom. The first-order valence-electron chi connectivity index (χ1n) is 8.25. The van der Waals surface area contributed by atoms with E-state index < -0.39 is 5.97 Å². The number of hydrogen-bond acceptors (Lipinski definition) is 3. The van der Waals surface area contributed by atoms with E-state index in [1.807, 2.05) is 0 Å². The number of carboxylic acid groups (broad SMARTS) is 1. The Balaban J connectivity index is 1.88. The quantitative estimate of drug-likeness (QED) is 0.483. The lowest BCUT2D eigenvalue weighted by molar-refractivity contribution is -0.140. The predicted octanol–water partition coefficient (Wildman–Crippen LogP) is 4.30. The molecule has 1 fully saturated rings. The van der Waals surface area contributed by atoms with E-state index in [4.69, 9.17) is 9.84 Å². The Morgan fingerprint density at radius 2 is 1.78 bits per heavy atom. The fraction of sp³-hybridized carbons (Fsp3) is 0.474. The van der Waals surface area contributed by atoms with Crippen LogP contribution in [0.4, 0.5) is 0 Å². The van der Waals surface area contributed by atoms with Gasteiger partial charge in [-0.2, -0.15) is 0 Å². The number of aliphatic carboxylic acids is 1. The van der Waals surface area contributed by atoms with Gasteiger partial charge in [-0.15, -0.1) is 0 Å². The first-order valence-corrected chi connectivity index (χ1v) is 8.25. The van der Waals surface area contributed by atoms with Crippen molar-refractivity contribution in [3.8, 4) is 5.75 Å². The molecule has 1 aromatic carbocycles. The van der Waals surface area contributed by atoms with E-state index >= 15 is 0 Å². The maximum atomic E-state index is 12.2. The summed E-state index contributed by atoms with van der Waals surface area (Å²) in [6.45, 7) is 5.70. The molecule has 0 aromatic heterocycles. The van der Waals surface area contributed by atoms with Crippen molar-refractivity contribution in [1.82, 2.24) is 0 Å². The minimum atomic E-state index is -1.06. The molecule has 0 aliphatic heterocycles. The molecule has 0 heterocycles. The van der Waals surface area contributed by atoms with Crippen LogP contribution < -0.4 is 4.74 Å². The lowest BCUT2D eigenvalue weighted by Crippen LogP contribution is -2.25. The van der Waals surface area contributed by atoms with E-state index in [2.05, 4.69) is 13.5 Å². The standard InChI is InChI=1S/C19H24O4/c1-3-4-14-5-7-16(8-6-14)19(22)23-17-11-9-15(10-12-17)13(2)18(20)21/h9-12,14,16H,2-8H2,1H3,(H,20,21). The molecule has 4 nitrogen and oxygen atoms in total. The van der Waals surface area contributed by atoms with Crippen LogP contribution >= 0.6 is 0 Å². The van der Waals surface area contributed by atoms with Crippen molar-refractivity contribution in [3.05, 3.63) is 36.4 Å². The zero-order valence-electron chi connectivity index (χ0n) is 13.6. The number of benzene rings is 1. The highest BCUT2D eigenvalue weighted by Gasteiger charge is 2.27. The van der Waals surface area contributed by atoms with Crippen LogP contribution in [0.5, 0.6) is 5.75 Å². The molecule has 1 N–H and O–H groups in total. The van der Waals surface area contributed by atoms with Crippen molar-refractivity contribution in [3.63, 3.8) is 0 Å². The fourth-order valence-corrected chi connectivity index (χ4v) is 3.14. The van der Waals surface area contributed by atoms with Crippen LogP contribution in [0, 0.1) is 11.8 Å². The maximum absolute atomic E-state index is 12.2. The highest BCUT2D eigenvalue weighted by Crippen LogP contribution is 2.32. The van der Waals surface area contributed by atoms with E-state index in [0.717, 1.165) is 31.6 Å². The van der Waals surface area contributed by atoms with Gasteiger partial charge in [-0.3, -0.25) is 4.79 Å². The van der Waals surface area contributed by atoms with E-state index in [1.165, 1.54) is 12.8 Å². The van der Waals surface area contributed by atoms with Gasteiger partial charge in [0.05, 0.1) is 11.5 Å². The number of ether oxygens (including phenoxy) is 1. The molecular formula is C19H24O4. The summed E-state index contributed by atoms with van der Waals surface area (Å²) in [5.41, 5.74) is 0.537. The van der Waals surface area contributed by atoms with Crippen LogP contribution in [-0.4, -0.2) is 17.0 Å². The van der Waals surface area contributed by atoms with Crippen molar-refractivity contribution >= 4 is 17.5 Å². The second-order valence-electron chi connectivity index (χ2n) is 6.24. The zero-order valence-corrected chi connectivity index (χ0v) is 13.6. The van der Waals surface area contributed by atoms with Gasteiger partial charge in [0, 0.05) is 0 Å². The third-order valence-corrected chi connectivity index (χ3v) is 4.56. The lowest BCUT2D eigenvalue weighted by atomic mass is 9.80. The number of carboxylic acids is 1. The fourth-order valence-electron chi connectivity index (χ4n) is 3.14. The molecule has 0 amide bonds. The van der Waals surface area contributed by atoms with Crippen LogP contribution in [0.2, 0.25) is 0 Å². The van der Waals surface area contributed by atoms with Gasteiger partial charge < -0.3 is 9.84 Å². The average molecular weight is 316 g/mol. The zero-order chi connectivity index (χ0) is 16.8. The molecule has 0 radical (unpaired) electrons. The number of carbonyl (C=O) groups is 2. The summed E-state index contributed by atoms with van der Waals surface area (Å²) < 4.78 is 5.43. The van der Waals surface area contributed by atoms with Crippen molar-refractivity contribution in [1.29, 1.82) is 0 Å². The highest BCUT2D eigenvalue weighted by molar-refractivity contribution is 6.14. The van der Waals surface area contributed by atoms with Gasteiger partial charge >= 0.3 is 11.9 Å². The van der Waals surface area contributed by atoms with Crippen LogP contribution in [0.15, 0.2) is 30.8 Å². The summed E-state index contributed by atoms with van der Waals surface area (Å²) in [7, 11) is 0. The van der Waals surface area contributed by atoms with Gasteiger partial charge in [0.1, 0.15) is 5.75 Å². The molecule has 124 valence electrons. The van der Waals surface area contributed by atoms with Gasteiger partial charge in [0.25, 0.3) is 0 Å². The molecule has 0 bridgehead atoms. The molecule has 23 heavy (non-hydrogen) atoms. The third kappa shape index (κ3) is 4.68. The second kappa shape index (κ2) is 7.95. The normalized spacial score (nSPS) is 20.7. The monoisotopic (exact) mass is 316 g/mol. The Labute approximate surface area is 137 Å². The molecule has 0 atom stereocenters. The molecule has 1 aromatic rings. The Bertz CT molecular complexity index is 566. The predicted molar refractivity (Wildman–Crippen MR) is 89.1 cm³/mol. The summed E-state index contributed by atoms with van der Waals surface area (Å²) >= 11 is 0. The van der Waals surface area contributed by atoms with Crippen LogP contribution in [0.1, 0.15) is 51.0 Å². The summed E-state index contributed by atoms with van der Waals surface area (Å²) in [6, 6.07) is 6.45. The number of hydrogen-bond donors (Lipinski definition) is 1. The maximum Gasteiger partial charge on any atom is 0.335 e. The van der Waals surface area contributed by atoms with Gasteiger partial charge in [-0.1, -0.05) is 38.5 Å². The van der Waals surface area contributed by atoms with E-state index in [-0.39, 0.29) is 17.5 Å². The highest BCUT2D eigenvalue weighted by atomic mass is 16.5. The SMILES string of the molecule is C=C(C(=O)O)c1ccc(OC(=O)C2CCC(CCC)CC2)cc1. The minimum absolute atomic E-state index is 0.0169. The van der Waals surface area contributed by atoms with Gasteiger partial charge in [0.2, 0.25) is 0 Å². The Hall–Kier alpha value is -2.10. The summed E-state index contributed by atoms with van der Waals surface area (Å²) in [5, 5.41) is 8.89. The van der Waals surface area contributed by atoms with Crippen molar-refractivity contribution in [2.45, 2.75) is 45.4 Å². The Kier molecular flexibility index (Phi) is 5.97. The first-order chi connectivity index (χ1) is 11.0. The molecule has 0 spiro atoms. The van der Waals surface area contributed by atoms with Crippen LogP contribution in [0.3, 0.4) is 0 Å². The Morgan fingerprint density at radius 1 is 1.17 bits per heavy atom. The van der Waals surface area contributed by atoms with E-state index in [9.17, 15) is 9.59 Å². The molecule has 0 saturated heterocycles. The summed E-state index contributed by atoms with van der Waals surface area (Å²) in [5.74, 6) is -0.0434. The largest absolute Gasteiger partial charge is 0.478 e. The molecular weight excluding hydrogens is 292 g/mol. The number of rotatable bonds is 6. The molecule has 1 saturated carbocycles. The third-order valence-electron chi connectivity index (χ3n) is 4.56. The second-order valence-corrected chi connectivity index (χ2v) is 6.24. The van der Waals surface area contributed by atoms with Crippen molar-refractivity contribution in [2.24, 2.45) is 11.8 Å². The van der Waals surface area contributed by atoms with E-state index in [1.54, 1.807) is 24.3 Å². The smallest absolute Gasteiger partial charge is 0.335 e. The molecule has 0 unspecified atom stereocenters. The molecule has 2 rings (SSSR count). The molecule has 1 aliphatic rings. The summed E-state index contributed by atoms with van der Waals surface area (Å²) in [6.07, 6.45) is 6.45. The first kappa shape index (κ1) is 17.3. The minimum Gasteiger partial charge on any atom is -0.478 e. The number of carbonyl (C=O) groups excluding carboxylic acids is 1. The topological polar surface area (TPSA) is 63.6 Å². The summed E-state index contributed by atoms with van der Waals surface area (Å²) in [4.78, 5) is 23.1. The van der Waals surface area contributed by atoms with Crippen molar-refractivity contribution in [2.75, 3.05) is 0 Å². The molecule has 4 heteroatoms. The lowest BCUT2D eigenvalue weighted by Gasteiger charge is -2.26. The van der Waals surface area contributed by atoms with Gasteiger partial charge in [-0.25, -0.2) is 4.79 Å². The van der Waals surface area contributed by atoms with Crippen LogP contribution in [-0.2, 0) is 9.59 Å². The average Bonchev–Trinajstić information content (AvgIpc) is 2.55.